The minimum atomic E-state index is -4.52. The minimum Gasteiger partial charge on any atom is -0.358 e. The van der Waals surface area contributed by atoms with Gasteiger partial charge >= 0.3 is 6.18 Å². The molecule has 0 spiro atoms. The Kier molecular flexibility index (Phi) is 7.67. The van der Waals surface area contributed by atoms with E-state index in [1.165, 1.54) is 28.6 Å². The van der Waals surface area contributed by atoms with E-state index >= 15 is 0 Å². The number of benzene rings is 2. The summed E-state index contributed by atoms with van der Waals surface area (Å²) in [5.41, 5.74) is -2.74. The number of rotatable bonds is 10. The maximum Gasteiger partial charge on any atom is 0.416 e. The Balaban J connectivity index is 1.34. The van der Waals surface area contributed by atoms with Gasteiger partial charge in [0.2, 0.25) is 15.9 Å². The summed E-state index contributed by atoms with van der Waals surface area (Å²) < 4.78 is 93.7. The van der Waals surface area contributed by atoms with Crippen LogP contribution in [-0.2, 0) is 27.5 Å². The second kappa shape index (κ2) is 10.4. The van der Waals surface area contributed by atoms with Gasteiger partial charge in [-0.25, -0.2) is 17.2 Å². The molecule has 14 heteroatoms. The van der Waals surface area contributed by atoms with Gasteiger partial charge in [-0.05, 0) is 90.7 Å². The van der Waals surface area contributed by atoms with Crippen molar-refractivity contribution in [3.63, 3.8) is 0 Å². The molecule has 1 aliphatic heterocycles. The predicted molar refractivity (Wildman–Crippen MR) is 150 cm³/mol. The normalized spacial score (nSPS) is 27.9. The molecule has 0 saturated heterocycles. The molecule has 2 atom stereocenters. The summed E-state index contributed by atoms with van der Waals surface area (Å²) in [6.45, 7) is 1.90. The number of nitrogens with one attached hydrogen (secondary N) is 2. The lowest BCUT2D eigenvalue weighted by Crippen LogP contribution is -2.79. The second-order valence-electron chi connectivity index (χ2n) is 11.3. The Hall–Kier alpha value is -2.33. The molecular formula is C27H28F5IN4O3S. The summed E-state index contributed by atoms with van der Waals surface area (Å²) in [6, 6.07) is 8.77. The van der Waals surface area contributed by atoms with Crippen LogP contribution in [0.4, 0.5) is 22.0 Å². The van der Waals surface area contributed by atoms with Crippen molar-refractivity contribution < 1.29 is 35.2 Å². The molecule has 1 amide bonds. The van der Waals surface area contributed by atoms with Crippen molar-refractivity contribution in [2.24, 2.45) is 10.4 Å². The van der Waals surface area contributed by atoms with E-state index in [0.29, 0.717) is 30.7 Å². The Bertz CT molecular complexity index is 1450. The molecule has 2 aromatic carbocycles. The van der Waals surface area contributed by atoms with Crippen LogP contribution in [0.5, 0.6) is 0 Å². The number of carbonyl (C=O) groups is 1. The number of hydrogen-bond acceptors (Lipinski definition) is 5. The van der Waals surface area contributed by atoms with Crippen LogP contribution in [0.2, 0.25) is 0 Å². The van der Waals surface area contributed by atoms with Gasteiger partial charge in [-0.15, -0.1) is 0 Å². The lowest BCUT2D eigenvalue weighted by Gasteiger charge is -2.73. The van der Waals surface area contributed by atoms with Crippen molar-refractivity contribution >= 4 is 44.4 Å². The highest BCUT2D eigenvalue weighted by Gasteiger charge is 2.75. The molecule has 3 saturated carbocycles. The number of carbonyl (C=O) groups excluding carboxylic acids is 1. The van der Waals surface area contributed by atoms with E-state index in [1.54, 1.807) is 29.5 Å². The monoisotopic (exact) mass is 710 g/mol. The SMILES string of the molecule is C[C@]1(C(=O)NCCC(F)I)CN=C(C23CC(N(Cc4ccc(C(F)(F)F)cc4)S(=O)(=O)c4ccc(F)cc4)(C2)C3)N1. The van der Waals surface area contributed by atoms with Crippen LogP contribution in [0.3, 0.4) is 0 Å². The fourth-order valence-corrected chi connectivity index (χ4v) is 8.02. The zero-order valence-corrected chi connectivity index (χ0v) is 24.9. The molecule has 0 aromatic heterocycles. The highest BCUT2D eigenvalue weighted by Crippen LogP contribution is 2.71. The van der Waals surface area contributed by atoms with Crippen molar-refractivity contribution in [2.75, 3.05) is 13.1 Å². The molecule has 0 radical (unpaired) electrons. The predicted octanol–water partition coefficient (Wildman–Crippen LogP) is 4.96. The smallest absolute Gasteiger partial charge is 0.358 e. The number of aliphatic imine (C=N–C) groups is 1. The number of halogens is 6. The van der Waals surface area contributed by atoms with Gasteiger partial charge < -0.3 is 10.6 Å². The average molecular weight is 711 g/mol. The first kappa shape index (κ1) is 30.1. The summed E-state index contributed by atoms with van der Waals surface area (Å²) in [4.78, 5) is 17.2. The summed E-state index contributed by atoms with van der Waals surface area (Å²) in [5, 5.41) is 5.94. The quantitative estimate of drug-likeness (QED) is 0.208. The van der Waals surface area contributed by atoms with E-state index in [9.17, 15) is 35.2 Å². The van der Waals surface area contributed by atoms with E-state index in [4.69, 9.17) is 0 Å². The minimum absolute atomic E-state index is 0.118. The van der Waals surface area contributed by atoms with Gasteiger partial charge in [0.05, 0.1) is 17.0 Å². The van der Waals surface area contributed by atoms with Crippen LogP contribution in [0.25, 0.3) is 0 Å². The van der Waals surface area contributed by atoms with Crippen LogP contribution in [0, 0.1) is 11.2 Å². The maximum atomic E-state index is 13.8. The van der Waals surface area contributed by atoms with Crippen molar-refractivity contribution in [3.8, 4) is 0 Å². The number of sulfonamides is 1. The van der Waals surface area contributed by atoms with E-state index in [2.05, 4.69) is 15.6 Å². The third-order valence-corrected chi connectivity index (χ3v) is 10.7. The maximum absolute atomic E-state index is 13.8. The summed E-state index contributed by atoms with van der Waals surface area (Å²) in [6.07, 6.45) is -3.13. The van der Waals surface area contributed by atoms with E-state index in [1.807, 2.05) is 0 Å². The number of alkyl halides is 5. The molecule has 222 valence electrons. The Morgan fingerprint density at radius 1 is 1.12 bits per heavy atom. The summed E-state index contributed by atoms with van der Waals surface area (Å²) >= 11 is 1.64. The zero-order valence-electron chi connectivity index (χ0n) is 21.9. The highest BCUT2D eigenvalue weighted by atomic mass is 127. The molecule has 7 nitrogen and oxygen atoms in total. The Morgan fingerprint density at radius 2 is 1.73 bits per heavy atom. The molecule has 3 fully saturated rings. The molecule has 2 N–H and O–H groups in total. The summed E-state index contributed by atoms with van der Waals surface area (Å²) in [5.74, 6) is -0.292. The topological polar surface area (TPSA) is 90.9 Å². The fraction of sp³-hybridized carbons (Fsp3) is 0.481. The molecule has 2 bridgehead atoms. The number of amides is 1. The van der Waals surface area contributed by atoms with Gasteiger partial charge in [-0.2, -0.15) is 17.5 Å². The van der Waals surface area contributed by atoms with Crippen LogP contribution in [-0.4, -0.2) is 52.8 Å². The molecule has 2 aromatic rings. The van der Waals surface area contributed by atoms with Crippen LogP contribution < -0.4 is 10.6 Å². The first-order chi connectivity index (χ1) is 19.1. The van der Waals surface area contributed by atoms with Crippen LogP contribution in [0.1, 0.15) is 43.7 Å². The van der Waals surface area contributed by atoms with Gasteiger partial charge in [-0.3, -0.25) is 9.79 Å². The Morgan fingerprint density at radius 3 is 2.29 bits per heavy atom. The zero-order chi connectivity index (χ0) is 29.8. The van der Waals surface area contributed by atoms with Crippen LogP contribution in [0.15, 0.2) is 58.4 Å². The van der Waals surface area contributed by atoms with E-state index in [-0.39, 0.29) is 36.9 Å². The van der Waals surface area contributed by atoms with Crippen molar-refractivity contribution in [3.05, 3.63) is 65.5 Å². The van der Waals surface area contributed by atoms with E-state index < -0.39 is 48.3 Å². The van der Waals surface area contributed by atoms with E-state index in [0.717, 1.165) is 24.3 Å². The summed E-state index contributed by atoms with van der Waals surface area (Å²) in [7, 11) is -4.15. The van der Waals surface area contributed by atoms with Gasteiger partial charge in [-0.1, -0.05) is 12.1 Å². The number of hydrogen-bond donors (Lipinski definition) is 2. The second-order valence-corrected chi connectivity index (χ2v) is 14.5. The van der Waals surface area contributed by atoms with Gasteiger partial charge in [0.1, 0.15) is 17.2 Å². The van der Waals surface area contributed by atoms with Gasteiger partial charge in [0.25, 0.3) is 0 Å². The van der Waals surface area contributed by atoms with Crippen molar-refractivity contribution in [2.45, 2.75) is 65.5 Å². The molecule has 4 aliphatic rings. The van der Waals surface area contributed by atoms with Crippen molar-refractivity contribution in [1.29, 1.82) is 0 Å². The van der Waals surface area contributed by atoms with Gasteiger partial charge in [0.15, 0.2) is 4.18 Å². The number of amidine groups is 1. The first-order valence-electron chi connectivity index (χ1n) is 12.9. The standard InChI is InChI=1S/C27H28F5IN4O3S/c1-24(23(38)34-11-10-21(29)33)16-35-22(36-24)25-13-26(14-25,15-25)37(41(39,40)20-8-6-19(28)7-9-20)12-17-2-4-18(5-3-17)27(30,31)32/h2-9,21H,10-16H2,1H3,(H,34,38)(H,35,36)/t21?,24-,25?,26?/m1/s1. The lowest BCUT2D eigenvalue weighted by molar-refractivity contribution is -0.151. The largest absolute Gasteiger partial charge is 0.416 e. The molecule has 1 heterocycles. The molecule has 41 heavy (non-hydrogen) atoms. The molecule has 1 unspecified atom stereocenters. The fourth-order valence-electron chi connectivity index (χ4n) is 5.95. The number of nitrogens with zero attached hydrogens (tertiary/aromatic N) is 2. The molecule has 3 aliphatic carbocycles. The molecule has 6 rings (SSSR count). The van der Waals surface area contributed by atoms with Crippen LogP contribution >= 0.6 is 22.6 Å². The highest BCUT2D eigenvalue weighted by molar-refractivity contribution is 14.1. The molecular weight excluding hydrogens is 682 g/mol. The first-order valence-corrected chi connectivity index (χ1v) is 15.6. The van der Waals surface area contributed by atoms with Crippen molar-refractivity contribution in [1.82, 2.24) is 14.9 Å². The lowest BCUT2D eigenvalue weighted by atomic mass is 9.38. The van der Waals surface area contributed by atoms with Gasteiger partial charge in [0, 0.05) is 30.5 Å². The average Bonchev–Trinajstić information content (AvgIpc) is 3.24. The Labute approximate surface area is 248 Å². The third kappa shape index (κ3) is 5.58. The third-order valence-electron chi connectivity index (χ3n) is 8.14.